The third-order valence-corrected chi connectivity index (χ3v) is 5.36. The number of aliphatic carboxylic acids is 1. The van der Waals surface area contributed by atoms with Gasteiger partial charge < -0.3 is 5.11 Å². The molecule has 0 spiro atoms. The van der Waals surface area contributed by atoms with Gasteiger partial charge in [0.1, 0.15) is 0 Å². The molecule has 0 saturated heterocycles. The second-order valence-electron chi connectivity index (χ2n) is 8.56. The fraction of sp³-hybridized carbons (Fsp3) is 0.345. The highest BCUT2D eigenvalue weighted by Gasteiger charge is 2.27. The normalized spacial score (nSPS) is 10.5. The highest BCUT2D eigenvalue weighted by Crippen LogP contribution is 2.35. The van der Waals surface area contributed by atoms with Crippen molar-refractivity contribution in [1.29, 1.82) is 0 Å². The maximum absolute atomic E-state index is 10.9. The van der Waals surface area contributed by atoms with E-state index in [0.717, 1.165) is 32.7 Å². The van der Waals surface area contributed by atoms with Crippen LogP contribution in [0.3, 0.4) is 0 Å². The molecular formula is C29H39NO4S. The van der Waals surface area contributed by atoms with Gasteiger partial charge in [-0.25, -0.2) is 0 Å². The topological polar surface area (TPSA) is 67.8 Å². The Bertz CT molecular complexity index is 943. The van der Waals surface area contributed by atoms with Crippen LogP contribution in [0.15, 0.2) is 77.7 Å². The lowest BCUT2D eigenvalue weighted by molar-refractivity contribution is -0.184. The summed E-state index contributed by atoms with van der Waals surface area (Å²) in [5.74, 6) is -0.780. The number of hydrogen-bond acceptors (Lipinski definition) is 5. The number of hydrogen-bond donors (Lipinski definition) is 3. The van der Waals surface area contributed by atoms with Gasteiger partial charge in [0.2, 0.25) is 0 Å². The molecule has 35 heavy (non-hydrogen) atoms. The molecule has 0 fully saturated rings. The van der Waals surface area contributed by atoms with Gasteiger partial charge >= 0.3 is 5.97 Å². The molecule has 3 aromatic carbocycles. The van der Waals surface area contributed by atoms with E-state index >= 15 is 0 Å². The Morgan fingerprint density at radius 1 is 0.886 bits per heavy atom. The van der Waals surface area contributed by atoms with Gasteiger partial charge in [-0.3, -0.25) is 14.5 Å². The third kappa shape index (κ3) is 11.6. The molecule has 3 rings (SSSR count). The van der Waals surface area contributed by atoms with Crippen molar-refractivity contribution < 1.29 is 19.6 Å². The first-order valence-corrected chi connectivity index (χ1v) is 12.2. The fourth-order valence-corrected chi connectivity index (χ4v) is 4.39. The van der Waals surface area contributed by atoms with Crippen LogP contribution in [0.5, 0.6) is 0 Å². The van der Waals surface area contributed by atoms with Gasteiger partial charge in [0.25, 0.3) is 0 Å². The molecule has 3 aromatic rings. The van der Waals surface area contributed by atoms with E-state index in [1.54, 1.807) is 0 Å². The lowest BCUT2D eigenvalue weighted by atomic mass is 9.79. The van der Waals surface area contributed by atoms with Gasteiger partial charge in [-0.05, 0) is 47.7 Å². The zero-order chi connectivity index (χ0) is 26.3. The number of rotatable bonds is 9. The minimum absolute atomic E-state index is 0.116. The molecule has 0 aliphatic heterocycles. The molecule has 0 radical (unpaired) electrons. The summed E-state index contributed by atoms with van der Waals surface area (Å²) in [6, 6.07) is 23.9. The molecule has 0 amide bonds. The van der Waals surface area contributed by atoms with E-state index in [9.17, 15) is 4.79 Å². The number of benzene rings is 3. The van der Waals surface area contributed by atoms with Crippen molar-refractivity contribution in [3.63, 3.8) is 0 Å². The Balaban J connectivity index is 0.000000328. The maximum atomic E-state index is 10.9. The summed E-state index contributed by atoms with van der Waals surface area (Å²) in [4.78, 5) is 22.1. The van der Waals surface area contributed by atoms with E-state index in [4.69, 9.17) is 14.8 Å². The second kappa shape index (κ2) is 16.1. The lowest BCUT2D eigenvalue weighted by Gasteiger charge is -2.27. The molecule has 0 aromatic heterocycles. The number of carbonyl (C=O) groups is 1. The van der Waals surface area contributed by atoms with Gasteiger partial charge in [0.15, 0.2) is 0 Å². The summed E-state index contributed by atoms with van der Waals surface area (Å²) >= 11 is 4.46. The molecule has 0 saturated carbocycles. The molecule has 0 aliphatic carbocycles. The van der Waals surface area contributed by atoms with E-state index in [2.05, 4.69) is 24.3 Å². The van der Waals surface area contributed by atoms with Crippen LogP contribution in [-0.2, 0) is 33.1 Å². The predicted molar refractivity (Wildman–Crippen MR) is 145 cm³/mol. The van der Waals surface area contributed by atoms with Crippen LogP contribution >= 0.6 is 12.6 Å². The molecule has 2 N–H and O–H groups in total. The molecule has 0 atom stereocenters. The van der Waals surface area contributed by atoms with E-state index in [1.165, 1.54) is 0 Å². The number of aryl methyl sites for hydroxylation is 2. The van der Waals surface area contributed by atoms with Crippen molar-refractivity contribution in [2.45, 2.75) is 71.5 Å². The maximum Gasteiger partial charge on any atom is 0.304 e. The predicted octanol–water partition coefficient (Wildman–Crippen LogP) is 7.21. The molecule has 6 heteroatoms. The fourth-order valence-electron chi connectivity index (χ4n) is 3.71. The van der Waals surface area contributed by atoms with Crippen LogP contribution in [0, 0.1) is 13.8 Å². The average molecular weight is 498 g/mol. The summed E-state index contributed by atoms with van der Waals surface area (Å²) in [5.41, 5.74) is 7.58. The minimum atomic E-state index is -0.780. The summed E-state index contributed by atoms with van der Waals surface area (Å²) in [6.07, 6.45) is 0.116. The largest absolute Gasteiger partial charge is 0.481 e. The van der Waals surface area contributed by atoms with E-state index < -0.39 is 5.97 Å². The Hall–Kier alpha value is -2.64. The summed E-state index contributed by atoms with van der Waals surface area (Å²) in [7, 11) is 0. The van der Waals surface area contributed by atoms with Gasteiger partial charge in [0, 0.05) is 10.3 Å². The number of carboxylic acid groups (broad SMARTS) is 1. The lowest BCUT2D eigenvalue weighted by Crippen LogP contribution is -2.23. The van der Waals surface area contributed by atoms with Gasteiger partial charge in [-0.15, -0.1) is 12.6 Å². The summed E-state index contributed by atoms with van der Waals surface area (Å²) < 4.78 is 0. The quantitative estimate of drug-likeness (QED) is 0.166. The zero-order valence-electron chi connectivity index (χ0n) is 21.7. The monoisotopic (exact) mass is 497 g/mol. The van der Waals surface area contributed by atoms with Gasteiger partial charge in [-0.2, -0.15) is 0 Å². The van der Waals surface area contributed by atoms with Crippen LogP contribution in [0.25, 0.3) is 0 Å². The number of thiol groups is 1. The van der Waals surface area contributed by atoms with Crippen molar-refractivity contribution in [1.82, 2.24) is 5.64 Å². The number of carboxylic acids is 1. The Kier molecular flexibility index (Phi) is 14.0. The first kappa shape index (κ1) is 30.4. The van der Waals surface area contributed by atoms with Crippen molar-refractivity contribution in [2.75, 3.05) is 0 Å². The summed E-state index contributed by atoms with van der Waals surface area (Å²) in [5, 5.41) is 8.92. The van der Waals surface area contributed by atoms with Crippen LogP contribution in [0.1, 0.15) is 61.9 Å². The first-order chi connectivity index (χ1) is 16.7. The van der Waals surface area contributed by atoms with Gasteiger partial charge in [0.05, 0.1) is 19.6 Å². The molecule has 0 heterocycles. The van der Waals surface area contributed by atoms with Crippen LogP contribution in [-0.4, -0.2) is 11.1 Å². The molecule has 0 bridgehead atoms. The zero-order valence-corrected chi connectivity index (χ0v) is 22.6. The Morgan fingerprint density at radius 2 is 1.34 bits per heavy atom. The first-order valence-electron chi connectivity index (χ1n) is 11.8. The van der Waals surface area contributed by atoms with E-state index in [0.29, 0.717) is 13.2 Å². The molecule has 0 aliphatic rings. The van der Waals surface area contributed by atoms with Crippen LogP contribution in [0.4, 0.5) is 0 Å². The van der Waals surface area contributed by atoms with Crippen LogP contribution < -0.4 is 5.64 Å². The average Bonchev–Trinajstić information content (AvgIpc) is 2.80. The van der Waals surface area contributed by atoms with E-state index in [-0.39, 0.29) is 11.8 Å². The van der Waals surface area contributed by atoms with Crippen molar-refractivity contribution in [3.05, 3.63) is 101 Å². The third-order valence-electron chi connectivity index (χ3n) is 5.01. The molecule has 5 nitrogen and oxygen atoms in total. The Morgan fingerprint density at radius 3 is 1.74 bits per heavy atom. The van der Waals surface area contributed by atoms with Crippen molar-refractivity contribution >= 4 is 18.6 Å². The van der Waals surface area contributed by atoms with Gasteiger partial charge in [-0.1, -0.05) is 100 Å². The highest BCUT2D eigenvalue weighted by molar-refractivity contribution is 7.80. The van der Waals surface area contributed by atoms with Crippen molar-refractivity contribution in [2.24, 2.45) is 0 Å². The standard InChI is InChI=1S/C14H15NO2.C13H18O2S.C2H6/c1-3-7-13(8-4-1)11-16-15-17-12-14-9-5-2-6-10-14;1-8-5-9(2)12(10(16)6-8)13(3,4)7-11(14)15;1-2/h1-10,15H,11-12H2;5-6,16H,7H2,1-4H3,(H,14,15);1-2H3. The highest BCUT2D eigenvalue weighted by atomic mass is 32.1. The number of nitrogens with one attached hydrogen (secondary N) is 1. The summed E-state index contributed by atoms with van der Waals surface area (Å²) in [6.45, 7) is 12.9. The second-order valence-corrected chi connectivity index (χ2v) is 9.04. The van der Waals surface area contributed by atoms with E-state index in [1.807, 2.05) is 108 Å². The minimum Gasteiger partial charge on any atom is -0.481 e. The molecule has 0 unspecified atom stereocenters. The Labute approximate surface area is 215 Å². The SMILES string of the molecule is CC.Cc1cc(C)c(C(C)(C)CC(=O)O)c(S)c1.c1ccc(CONOCc2ccccc2)cc1. The molecular weight excluding hydrogens is 458 g/mol. The smallest absolute Gasteiger partial charge is 0.304 e. The van der Waals surface area contributed by atoms with Crippen LogP contribution in [0.2, 0.25) is 0 Å². The van der Waals surface area contributed by atoms with Crippen molar-refractivity contribution in [3.8, 4) is 0 Å². The molecule has 190 valence electrons.